The number of phenols is 1. The van der Waals surface area contributed by atoms with Gasteiger partial charge in [0.2, 0.25) is 47.3 Å². The van der Waals surface area contributed by atoms with Crippen LogP contribution in [0.2, 0.25) is 0 Å². The second-order valence-corrected chi connectivity index (χ2v) is 18.8. The highest BCUT2D eigenvalue weighted by Gasteiger charge is 2.38. The van der Waals surface area contributed by atoms with Gasteiger partial charge < -0.3 is 79.1 Å². The fraction of sp³-hybridized carbons (Fsp3) is 0.480. The number of nitrogens with zero attached hydrogens (tertiary/aromatic N) is 2. The van der Waals surface area contributed by atoms with E-state index in [0.717, 1.165) is 10.9 Å². The summed E-state index contributed by atoms with van der Waals surface area (Å²) in [6.45, 7) is 4.68. The van der Waals surface area contributed by atoms with Gasteiger partial charge in [-0.05, 0) is 74.3 Å². The molecule has 4 aromatic rings. The number of aromatic amines is 2. The molecule has 25 heteroatoms. The number of hydrogen-bond acceptors (Lipinski definition) is 13. The number of rotatable bonds is 28. The summed E-state index contributed by atoms with van der Waals surface area (Å²) in [5.41, 5.74) is 14.0. The molecule has 0 aliphatic carbocycles. The van der Waals surface area contributed by atoms with Crippen LogP contribution < -0.4 is 54.0 Å². The Morgan fingerprint density at radius 3 is 2.15 bits per heavy atom. The fourth-order valence-corrected chi connectivity index (χ4v) is 8.64. The number of carbonyl (C=O) groups excluding carboxylic acids is 8. The van der Waals surface area contributed by atoms with Crippen molar-refractivity contribution in [3.63, 3.8) is 0 Å². The number of aliphatic hydroxyl groups is 1. The van der Waals surface area contributed by atoms with Crippen LogP contribution in [0.15, 0.2) is 67.3 Å². The van der Waals surface area contributed by atoms with Crippen LogP contribution in [0.5, 0.6) is 5.75 Å². The summed E-state index contributed by atoms with van der Waals surface area (Å²) in [4.78, 5) is 121. The summed E-state index contributed by atoms with van der Waals surface area (Å²) in [5.74, 6) is -6.16. The smallest absolute Gasteiger partial charge is 0.245 e. The number of fused-ring (bicyclic) bond motifs is 1. The van der Waals surface area contributed by atoms with E-state index < -0.39 is 96.8 Å². The predicted molar refractivity (Wildman–Crippen MR) is 276 cm³/mol. The Morgan fingerprint density at radius 2 is 1.47 bits per heavy atom. The van der Waals surface area contributed by atoms with Crippen molar-refractivity contribution in [3.05, 3.63) is 84.1 Å². The maximum Gasteiger partial charge on any atom is 0.245 e. The number of nitrogens with two attached hydrogens (primary N) is 2. The summed E-state index contributed by atoms with van der Waals surface area (Å²) < 4.78 is 0. The molecule has 406 valence electrons. The van der Waals surface area contributed by atoms with Crippen LogP contribution in [0, 0.1) is 11.3 Å². The first kappa shape index (κ1) is 57.8. The first-order valence-electron chi connectivity index (χ1n) is 25.0. The second kappa shape index (κ2) is 28.4. The van der Waals surface area contributed by atoms with E-state index in [1.54, 1.807) is 19.3 Å². The Hall–Kier alpha value is -8.06. The lowest BCUT2D eigenvalue weighted by Gasteiger charge is -2.30. The molecule has 1 saturated heterocycles. The van der Waals surface area contributed by atoms with E-state index in [9.17, 15) is 48.6 Å². The standard InChI is InChI=1S/C50H71N15O10/c1-4-55-48(74)41-12-8-18-65(41)49(75)36(11-7-17-56-50(52)53)61-45(71)37(19-28(2)3)60-42(68)25-58-44(70)38(20-29-13-15-32(67)16-14-29)63-47(73)40(26-66)64-46(72)39(21-30-23-57-35-10-6-5-9-33(30)35)62-43(69)34(51)22-31-24-54-27-59-31/h5-6,9-10,13-16,23-24,27-28,34,36-41,57,66-67H,4,7-8,11-12,17-22,25-26,51H2,1-3H3,(H,54,59)(H,55,74)(H,58,70)(H,60,68)(H,61,71)(H,62,69)(H,63,73)(H,64,72)(H4,52,53,56)/t34-,36-,37-,38-,39-,40-,41-/m0/s1. The van der Waals surface area contributed by atoms with Crippen molar-refractivity contribution >= 4 is 64.1 Å². The summed E-state index contributed by atoms with van der Waals surface area (Å²) in [6.07, 6.45) is 6.07. The van der Waals surface area contributed by atoms with Crippen molar-refractivity contribution < 1.29 is 48.6 Å². The van der Waals surface area contributed by atoms with Gasteiger partial charge in [-0.25, -0.2) is 4.98 Å². The van der Waals surface area contributed by atoms with Crippen LogP contribution in [-0.4, -0.2) is 158 Å². The van der Waals surface area contributed by atoms with Crippen molar-refractivity contribution in [2.75, 3.05) is 32.8 Å². The fourth-order valence-electron chi connectivity index (χ4n) is 8.64. The number of aliphatic hydroxyl groups excluding tert-OH is 1. The third-order valence-corrected chi connectivity index (χ3v) is 12.4. The molecule has 0 bridgehead atoms. The van der Waals surface area contributed by atoms with Crippen LogP contribution in [0.25, 0.3) is 10.9 Å². The number of aromatic nitrogens is 3. The molecule has 1 aliphatic heterocycles. The third-order valence-electron chi connectivity index (χ3n) is 12.4. The van der Waals surface area contributed by atoms with Gasteiger partial charge in [-0.3, -0.25) is 43.8 Å². The lowest BCUT2D eigenvalue weighted by molar-refractivity contribution is -0.142. The molecule has 0 radical (unpaired) electrons. The molecule has 5 rings (SSSR count). The van der Waals surface area contributed by atoms with E-state index in [4.69, 9.17) is 16.9 Å². The zero-order valence-electron chi connectivity index (χ0n) is 42.4. The van der Waals surface area contributed by atoms with E-state index in [1.807, 2.05) is 38.1 Å². The SMILES string of the molecule is CCNC(=O)[C@@H]1CCCN1C(=O)[C@H](CCCNC(=N)N)NC(=O)[C@H](CC(C)C)NC(=O)CNC(=O)[C@H](Cc1ccc(O)cc1)NC(=O)[C@H](CO)NC(=O)[C@H](Cc1c[nH]c2ccccc12)NC(=O)[C@@H](N)Cc1c[nH]cn1. The monoisotopic (exact) mass is 1040 g/mol. The van der Waals surface area contributed by atoms with Gasteiger partial charge in [0.05, 0.1) is 31.2 Å². The van der Waals surface area contributed by atoms with Crippen molar-refractivity contribution in [2.45, 2.75) is 114 Å². The highest BCUT2D eigenvalue weighted by molar-refractivity contribution is 5.98. The average Bonchev–Trinajstić information content (AvgIpc) is 4.18. The first-order valence-corrected chi connectivity index (χ1v) is 25.0. The number of hydrogen-bond donors (Lipinski definition) is 15. The lowest BCUT2D eigenvalue weighted by atomic mass is 10.0. The van der Waals surface area contributed by atoms with Crippen molar-refractivity contribution in [3.8, 4) is 5.75 Å². The zero-order chi connectivity index (χ0) is 54.6. The molecule has 75 heavy (non-hydrogen) atoms. The number of imidazole rings is 1. The van der Waals surface area contributed by atoms with Crippen LogP contribution in [0.4, 0.5) is 0 Å². The van der Waals surface area contributed by atoms with Crippen LogP contribution in [0.1, 0.15) is 69.7 Å². The maximum absolute atomic E-state index is 14.1. The normalized spacial score (nSPS) is 15.6. The van der Waals surface area contributed by atoms with Gasteiger partial charge in [0.1, 0.15) is 42.0 Å². The van der Waals surface area contributed by atoms with Crippen LogP contribution in [0.3, 0.4) is 0 Å². The Morgan fingerprint density at radius 1 is 0.800 bits per heavy atom. The van der Waals surface area contributed by atoms with Gasteiger partial charge in [0, 0.05) is 62.2 Å². The number of para-hydroxylation sites is 1. The molecule has 17 N–H and O–H groups in total. The van der Waals surface area contributed by atoms with Gasteiger partial charge in [-0.2, -0.15) is 0 Å². The molecule has 2 aromatic carbocycles. The molecule has 1 fully saturated rings. The topological polar surface area (TPSA) is 397 Å². The second-order valence-electron chi connectivity index (χ2n) is 18.8. The molecule has 1 aliphatic rings. The number of amides is 8. The van der Waals surface area contributed by atoms with E-state index in [0.29, 0.717) is 49.2 Å². The number of likely N-dealkylation sites (tertiary alicyclic amines) is 1. The van der Waals surface area contributed by atoms with Crippen molar-refractivity contribution in [2.24, 2.45) is 17.4 Å². The minimum Gasteiger partial charge on any atom is -0.508 e. The Bertz CT molecular complexity index is 2590. The number of likely N-dealkylation sites (N-methyl/N-ethyl adjacent to an activating group) is 1. The first-order chi connectivity index (χ1) is 35.9. The van der Waals surface area contributed by atoms with Crippen molar-refractivity contribution in [1.29, 1.82) is 5.41 Å². The largest absolute Gasteiger partial charge is 0.508 e. The molecule has 8 amide bonds. The van der Waals surface area contributed by atoms with Crippen LogP contribution in [-0.2, 0) is 57.6 Å². The molecule has 0 spiro atoms. The van der Waals surface area contributed by atoms with Gasteiger partial charge in [0.15, 0.2) is 5.96 Å². The number of nitrogens with one attached hydrogen (secondary N) is 11. The molecule has 2 aromatic heterocycles. The van der Waals surface area contributed by atoms with Gasteiger partial charge in [0.25, 0.3) is 0 Å². The van der Waals surface area contributed by atoms with Gasteiger partial charge >= 0.3 is 0 Å². The highest BCUT2D eigenvalue weighted by atomic mass is 16.3. The number of aromatic hydroxyl groups is 1. The molecule has 0 saturated carbocycles. The minimum absolute atomic E-state index is 0.0475. The molecular weight excluding hydrogens is 971 g/mol. The highest BCUT2D eigenvalue weighted by Crippen LogP contribution is 2.22. The molecule has 7 atom stereocenters. The van der Waals surface area contributed by atoms with E-state index in [2.05, 4.69) is 57.5 Å². The van der Waals surface area contributed by atoms with E-state index in [1.165, 1.54) is 35.5 Å². The van der Waals surface area contributed by atoms with Crippen LogP contribution >= 0.6 is 0 Å². The van der Waals surface area contributed by atoms with E-state index in [-0.39, 0.29) is 62.2 Å². The average molecular weight is 1040 g/mol. The Kier molecular flexibility index (Phi) is 21.9. The summed E-state index contributed by atoms with van der Waals surface area (Å²) in [7, 11) is 0. The number of H-pyrrole nitrogens is 2. The van der Waals surface area contributed by atoms with Crippen molar-refractivity contribution in [1.82, 2.24) is 62.4 Å². The maximum atomic E-state index is 14.1. The summed E-state index contributed by atoms with van der Waals surface area (Å²) in [6, 6.07) is 4.52. The zero-order valence-corrected chi connectivity index (χ0v) is 42.4. The molecular formula is C50H71N15O10. The van der Waals surface area contributed by atoms with Gasteiger partial charge in [-0.15, -0.1) is 0 Å². The number of phenolic OH excluding ortho intramolecular Hbond substituents is 1. The number of carbonyl (C=O) groups is 8. The minimum atomic E-state index is -1.66. The third kappa shape index (κ3) is 17.5. The summed E-state index contributed by atoms with van der Waals surface area (Å²) in [5, 5.41) is 49.7. The number of guanidine groups is 1. The van der Waals surface area contributed by atoms with E-state index >= 15 is 0 Å². The summed E-state index contributed by atoms with van der Waals surface area (Å²) >= 11 is 0. The Labute approximate surface area is 433 Å². The lowest BCUT2D eigenvalue weighted by Crippen LogP contribution is -2.60. The predicted octanol–water partition coefficient (Wildman–Crippen LogP) is -2.08. The number of benzene rings is 2. The quantitative estimate of drug-likeness (QED) is 0.0165. The van der Waals surface area contributed by atoms with Gasteiger partial charge in [-0.1, -0.05) is 44.2 Å². The Balaban J connectivity index is 1.28. The molecule has 25 nitrogen and oxygen atoms in total. The molecule has 3 heterocycles. The molecule has 0 unspecified atom stereocenters.